The average Bonchev–Trinajstić information content (AvgIpc) is 3.12. The maximum absolute atomic E-state index is 14.1. The zero-order valence-electron chi connectivity index (χ0n) is 27.6. The first kappa shape index (κ1) is 34.2. The first-order chi connectivity index (χ1) is 24.0. The minimum absolute atomic E-state index is 0.0235. The highest BCUT2D eigenvalue weighted by molar-refractivity contribution is 7.93. The van der Waals surface area contributed by atoms with Gasteiger partial charge in [0.2, 0.25) is 0 Å². The number of para-hydroxylation sites is 1. The van der Waals surface area contributed by atoms with Gasteiger partial charge in [-0.1, -0.05) is 48.9 Å². The highest BCUT2D eigenvalue weighted by Crippen LogP contribution is 2.30. The molecule has 2 N–H and O–H groups in total. The van der Waals surface area contributed by atoms with Crippen LogP contribution in [0.25, 0.3) is 21.9 Å². The minimum Gasteiger partial charge on any atom is -0.468 e. The van der Waals surface area contributed by atoms with E-state index in [-0.39, 0.29) is 45.7 Å². The normalized spacial score (nSPS) is 14.1. The van der Waals surface area contributed by atoms with Crippen LogP contribution in [0.2, 0.25) is 0 Å². The Hall–Kier alpha value is -5.63. The van der Waals surface area contributed by atoms with E-state index in [1.165, 1.54) is 36.1 Å². The third-order valence-electron chi connectivity index (χ3n) is 8.73. The van der Waals surface area contributed by atoms with Crippen LogP contribution in [0.5, 0.6) is 0 Å². The summed E-state index contributed by atoms with van der Waals surface area (Å²) in [6.45, 7) is -0.608. The summed E-state index contributed by atoms with van der Waals surface area (Å²) in [6.07, 6.45) is 5.64. The van der Waals surface area contributed by atoms with Crippen molar-refractivity contribution in [3.05, 3.63) is 106 Å². The molecule has 1 saturated carbocycles. The van der Waals surface area contributed by atoms with Gasteiger partial charge in [0, 0.05) is 30.6 Å². The van der Waals surface area contributed by atoms with Crippen molar-refractivity contribution >= 4 is 55.5 Å². The van der Waals surface area contributed by atoms with Gasteiger partial charge < -0.3 is 19.8 Å². The smallest absolute Gasteiger partial charge is 0.435 e. The Bertz CT molecular complexity index is 2280. The molecule has 2 heterocycles. The van der Waals surface area contributed by atoms with Gasteiger partial charge in [-0.05, 0) is 61.6 Å². The van der Waals surface area contributed by atoms with Crippen molar-refractivity contribution < 1.29 is 27.5 Å². The lowest BCUT2D eigenvalue weighted by atomic mass is 9.98. The predicted molar refractivity (Wildman–Crippen MR) is 189 cm³/mol. The number of sulfonamides is 1. The van der Waals surface area contributed by atoms with E-state index in [1.807, 2.05) is 0 Å². The molecular weight excluding hydrogens is 660 g/mol. The predicted octanol–water partition coefficient (Wildman–Crippen LogP) is 4.62. The fourth-order valence-electron chi connectivity index (χ4n) is 6.05. The molecule has 50 heavy (non-hydrogen) atoms. The van der Waals surface area contributed by atoms with Gasteiger partial charge in [0.05, 0.1) is 29.3 Å². The number of ether oxygens (including phenoxy) is 2. The van der Waals surface area contributed by atoms with Gasteiger partial charge >= 0.3 is 12.1 Å². The number of aromatic nitrogens is 3. The maximum Gasteiger partial charge on any atom is 0.435 e. The number of aliphatic imine (C=N–C) groups is 1. The van der Waals surface area contributed by atoms with E-state index in [0.717, 1.165) is 42.0 Å². The second kappa shape index (κ2) is 14.5. The van der Waals surface area contributed by atoms with Crippen molar-refractivity contribution in [2.75, 3.05) is 18.0 Å². The Kier molecular flexibility index (Phi) is 9.90. The molecule has 13 nitrogen and oxygen atoms in total. The number of nitrogens with zero attached hydrogens (tertiary/aromatic N) is 5. The van der Waals surface area contributed by atoms with Crippen LogP contribution in [0, 0.1) is 0 Å². The van der Waals surface area contributed by atoms with Crippen molar-refractivity contribution in [2.45, 2.75) is 49.5 Å². The molecule has 0 radical (unpaired) electrons. The van der Waals surface area contributed by atoms with Crippen LogP contribution in [-0.2, 0) is 37.8 Å². The summed E-state index contributed by atoms with van der Waals surface area (Å²) in [5.74, 6) is -0.749. The fraction of sp³-hybridized carbons (Fsp3) is 0.278. The molecule has 0 atom stereocenters. The van der Waals surface area contributed by atoms with Gasteiger partial charge in [0.15, 0.2) is 0 Å². The molecule has 1 aliphatic carbocycles. The SMILES string of the molecule is COC(=O)CN(c1ccc2c(c1)nc(Cc1ccc(C(N)=NC(=O)OC3CCCCC3)cc1)c(=O)n2C)S(=O)(=O)c1cccc2cccnc12. The molecule has 1 amide bonds. The number of rotatable bonds is 9. The fourth-order valence-corrected chi connectivity index (χ4v) is 7.62. The lowest BCUT2D eigenvalue weighted by Gasteiger charge is -2.24. The molecule has 1 aliphatic rings. The van der Waals surface area contributed by atoms with Gasteiger partial charge in [0.1, 0.15) is 29.1 Å². The van der Waals surface area contributed by atoms with Gasteiger partial charge in [-0.25, -0.2) is 18.2 Å². The lowest BCUT2D eigenvalue weighted by Crippen LogP contribution is -2.36. The molecule has 0 saturated heterocycles. The lowest BCUT2D eigenvalue weighted by molar-refractivity contribution is -0.138. The van der Waals surface area contributed by atoms with Gasteiger partial charge in [0.25, 0.3) is 15.6 Å². The molecule has 2 aromatic heterocycles. The maximum atomic E-state index is 14.1. The molecule has 5 aromatic rings. The van der Waals surface area contributed by atoms with Crippen LogP contribution in [0.3, 0.4) is 0 Å². The first-order valence-corrected chi connectivity index (χ1v) is 17.6. The van der Waals surface area contributed by atoms with Crippen LogP contribution < -0.4 is 15.6 Å². The number of amidine groups is 1. The Labute approximate surface area is 288 Å². The Morgan fingerprint density at radius 2 is 1.76 bits per heavy atom. The number of anilines is 1. The number of pyridine rings is 1. The number of aryl methyl sites for hydroxylation is 1. The first-order valence-electron chi connectivity index (χ1n) is 16.1. The highest BCUT2D eigenvalue weighted by atomic mass is 32.2. The minimum atomic E-state index is -4.33. The zero-order chi connectivity index (χ0) is 35.4. The zero-order valence-corrected chi connectivity index (χ0v) is 28.4. The number of fused-ring (bicyclic) bond motifs is 2. The van der Waals surface area contributed by atoms with Crippen molar-refractivity contribution in [3.63, 3.8) is 0 Å². The molecule has 6 rings (SSSR count). The van der Waals surface area contributed by atoms with Crippen molar-refractivity contribution in [3.8, 4) is 0 Å². The van der Waals surface area contributed by atoms with E-state index in [9.17, 15) is 22.8 Å². The van der Waals surface area contributed by atoms with E-state index in [4.69, 9.17) is 15.2 Å². The quantitative estimate of drug-likeness (QED) is 0.130. The van der Waals surface area contributed by atoms with Crippen LogP contribution in [0.15, 0.2) is 93.7 Å². The number of amides is 1. The van der Waals surface area contributed by atoms with Crippen LogP contribution in [0.1, 0.15) is 48.9 Å². The number of hydrogen-bond acceptors (Lipinski definition) is 9. The van der Waals surface area contributed by atoms with E-state index in [0.29, 0.717) is 22.0 Å². The number of methoxy groups -OCH3 is 1. The topological polar surface area (TPSA) is 176 Å². The molecule has 0 spiro atoms. The van der Waals surface area contributed by atoms with Crippen molar-refractivity contribution in [1.29, 1.82) is 0 Å². The summed E-state index contributed by atoms with van der Waals surface area (Å²) < 4.78 is 41.0. The second-order valence-corrected chi connectivity index (χ2v) is 13.9. The van der Waals surface area contributed by atoms with Crippen LogP contribution >= 0.6 is 0 Å². The summed E-state index contributed by atoms with van der Waals surface area (Å²) in [5, 5.41) is 0.617. The average molecular weight is 697 g/mol. The van der Waals surface area contributed by atoms with Gasteiger partial charge in [-0.3, -0.25) is 18.9 Å². The number of hydrogen-bond donors (Lipinski definition) is 1. The Morgan fingerprint density at radius 3 is 2.50 bits per heavy atom. The van der Waals surface area contributed by atoms with Gasteiger partial charge in [-0.2, -0.15) is 4.99 Å². The van der Waals surface area contributed by atoms with Crippen LogP contribution in [0.4, 0.5) is 10.5 Å². The number of carbonyl (C=O) groups is 2. The van der Waals surface area contributed by atoms with Crippen molar-refractivity contribution in [1.82, 2.24) is 14.5 Å². The van der Waals surface area contributed by atoms with E-state index in [2.05, 4.69) is 15.0 Å². The summed E-state index contributed by atoms with van der Waals surface area (Å²) in [7, 11) is -1.55. The van der Waals surface area contributed by atoms with Crippen molar-refractivity contribution in [2.24, 2.45) is 17.8 Å². The molecule has 0 bridgehead atoms. The Morgan fingerprint density at radius 1 is 1.02 bits per heavy atom. The standard InChI is InChI=1S/C36H36N6O7S/c1-41-30-18-17-26(42(22-32(43)48-2)50(46,47)31-12-6-8-24-9-7-19-38-33(24)31)21-28(30)39-29(35(41)44)20-23-13-15-25(16-14-23)34(37)40-36(45)49-27-10-4-3-5-11-27/h6-9,12-19,21,27H,3-5,10-11,20,22H2,1-2H3,(H2,37,40,45). The molecule has 258 valence electrons. The number of carbonyl (C=O) groups excluding carboxylic acids is 2. The largest absolute Gasteiger partial charge is 0.468 e. The molecule has 0 aliphatic heterocycles. The number of nitrogens with two attached hydrogens (primary N) is 1. The van der Waals surface area contributed by atoms with Crippen LogP contribution in [-0.4, -0.2) is 60.6 Å². The number of benzene rings is 3. The van der Waals surface area contributed by atoms with E-state index in [1.54, 1.807) is 61.6 Å². The summed E-state index contributed by atoms with van der Waals surface area (Å²) in [6, 6.07) is 19.8. The molecule has 1 fully saturated rings. The molecule has 0 unspecified atom stereocenters. The third-order valence-corrected chi connectivity index (χ3v) is 10.5. The Balaban J connectivity index is 1.29. The second-order valence-electron chi connectivity index (χ2n) is 12.0. The highest BCUT2D eigenvalue weighted by Gasteiger charge is 2.30. The number of esters is 1. The van der Waals surface area contributed by atoms with Gasteiger partial charge in [-0.15, -0.1) is 0 Å². The summed E-state index contributed by atoms with van der Waals surface area (Å²) >= 11 is 0. The molecular formula is C36H36N6O7S. The summed E-state index contributed by atoms with van der Waals surface area (Å²) in [4.78, 5) is 50.9. The third kappa shape index (κ3) is 7.20. The van der Waals surface area contributed by atoms with E-state index < -0.39 is 28.6 Å². The molecule has 3 aromatic carbocycles. The molecule has 14 heteroatoms. The van der Waals surface area contributed by atoms with E-state index >= 15 is 0 Å². The summed E-state index contributed by atoms with van der Waals surface area (Å²) in [5.41, 5.74) is 8.43. The monoisotopic (exact) mass is 696 g/mol.